The van der Waals surface area contributed by atoms with E-state index >= 15 is 0 Å². The molecule has 0 atom stereocenters. The van der Waals surface area contributed by atoms with Crippen LogP contribution in [-0.4, -0.2) is 26.4 Å². The molecule has 3 nitrogen and oxygen atoms in total. The minimum atomic E-state index is -0.315. The third kappa shape index (κ3) is 6.87. The van der Waals surface area contributed by atoms with Crippen LogP contribution in [0.4, 0.5) is 4.39 Å². The standard InChI is InChI=1S/C16H26FNO2/c1-4-7-19-8-9-20-16-6-5-14(10-15(16)17)12-18-11-13(2)3/h5-6,10,13,18H,4,7-9,11-12H2,1-3H3. The van der Waals surface area contributed by atoms with Crippen LogP contribution in [0.2, 0.25) is 0 Å². The first-order chi connectivity index (χ1) is 9.63. The minimum Gasteiger partial charge on any atom is -0.488 e. The maximum Gasteiger partial charge on any atom is 0.165 e. The van der Waals surface area contributed by atoms with Crippen LogP contribution < -0.4 is 10.1 Å². The first-order valence-corrected chi connectivity index (χ1v) is 7.33. The van der Waals surface area contributed by atoms with E-state index < -0.39 is 0 Å². The van der Waals surface area contributed by atoms with Gasteiger partial charge in [0, 0.05) is 13.2 Å². The SMILES string of the molecule is CCCOCCOc1ccc(CNCC(C)C)cc1F. The van der Waals surface area contributed by atoms with Gasteiger partial charge < -0.3 is 14.8 Å². The zero-order valence-corrected chi connectivity index (χ0v) is 12.7. The Morgan fingerprint density at radius 1 is 1.20 bits per heavy atom. The van der Waals surface area contributed by atoms with E-state index in [1.807, 2.05) is 13.0 Å². The van der Waals surface area contributed by atoms with Gasteiger partial charge in [-0.3, -0.25) is 0 Å². The summed E-state index contributed by atoms with van der Waals surface area (Å²) in [4.78, 5) is 0. The van der Waals surface area contributed by atoms with Gasteiger partial charge in [0.25, 0.3) is 0 Å². The molecule has 1 N–H and O–H groups in total. The molecule has 0 aromatic heterocycles. The van der Waals surface area contributed by atoms with E-state index in [2.05, 4.69) is 19.2 Å². The van der Waals surface area contributed by atoms with E-state index in [-0.39, 0.29) is 11.6 Å². The van der Waals surface area contributed by atoms with Crippen LogP contribution in [0.15, 0.2) is 18.2 Å². The van der Waals surface area contributed by atoms with Gasteiger partial charge in [-0.15, -0.1) is 0 Å². The predicted molar refractivity (Wildman–Crippen MR) is 79.5 cm³/mol. The quantitative estimate of drug-likeness (QED) is 0.668. The van der Waals surface area contributed by atoms with Gasteiger partial charge in [0.05, 0.1) is 6.61 Å². The summed E-state index contributed by atoms with van der Waals surface area (Å²) < 4.78 is 24.5. The van der Waals surface area contributed by atoms with Crippen LogP contribution in [0.3, 0.4) is 0 Å². The second-order valence-corrected chi connectivity index (χ2v) is 5.25. The molecule has 0 amide bonds. The lowest BCUT2D eigenvalue weighted by Crippen LogP contribution is -2.19. The molecule has 4 heteroatoms. The van der Waals surface area contributed by atoms with E-state index in [9.17, 15) is 4.39 Å². The van der Waals surface area contributed by atoms with Gasteiger partial charge >= 0.3 is 0 Å². The van der Waals surface area contributed by atoms with E-state index in [1.165, 1.54) is 6.07 Å². The number of nitrogens with one attached hydrogen (secondary N) is 1. The highest BCUT2D eigenvalue weighted by Gasteiger charge is 2.05. The van der Waals surface area contributed by atoms with E-state index in [0.29, 0.717) is 32.3 Å². The van der Waals surface area contributed by atoms with Crippen LogP contribution in [-0.2, 0) is 11.3 Å². The van der Waals surface area contributed by atoms with E-state index in [0.717, 1.165) is 18.5 Å². The number of halogens is 1. The molecule has 0 aliphatic rings. The first kappa shape index (κ1) is 16.9. The highest BCUT2D eigenvalue weighted by atomic mass is 19.1. The number of rotatable bonds is 10. The topological polar surface area (TPSA) is 30.5 Å². The molecule has 0 radical (unpaired) electrons. The van der Waals surface area contributed by atoms with Crippen molar-refractivity contribution in [2.45, 2.75) is 33.7 Å². The second kappa shape index (κ2) is 9.72. The molecular formula is C16H26FNO2. The van der Waals surface area contributed by atoms with Gasteiger partial charge in [-0.2, -0.15) is 0 Å². The van der Waals surface area contributed by atoms with Gasteiger partial charge in [0.1, 0.15) is 6.61 Å². The van der Waals surface area contributed by atoms with Crippen LogP contribution in [0.1, 0.15) is 32.8 Å². The van der Waals surface area contributed by atoms with Gasteiger partial charge in [0.15, 0.2) is 11.6 Å². The lowest BCUT2D eigenvalue weighted by molar-refractivity contribution is 0.0991. The molecule has 0 aliphatic heterocycles. The molecule has 0 saturated heterocycles. The Bertz CT molecular complexity index is 383. The largest absolute Gasteiger partial charge is 0.488 e. The summed E-state index contributed by atoms with van der Waals surface area (Å²) in [7, 11) is 0. The lowest BCUT2D eigenvalue weighted by atomic mass is 10.2. The van der Waals surface area contributed by atoms with Crippen molar-refractivity contribution in [2.24, 2.45) is 5.92 Å². The summed E-state index contributed by atoms with van der Waals surface area (Å²) in [5.74, 6) is 0.563. The zero-order chi connectivity index (χ0) is 14.8. The Hall–Kier alpha value is -1.13. The number of hydrogen-bond donors (Lipinski definition) is 1. The van der Waals surface area contributed by atoms with Gasteiger partial charge in [-0.1, -0.05) is 26.8 Å². The molecular weight excluding hydrogens is 257 g/mol. The summed E-state index contributed by atoms with van der Waals surface area (Å²) in [6, 6.07) is 5.09. The van der Waals surface area contributed by atoms with Crippen molar-refractivity contribution >= 4 is 0 Å². The van der Waals surface area contributed by atoms with Crippen molar-refractivity contribution in [2.75, 3.05) is 26.4 Å². The van der Waals surface area contributed by atoms with E-state index in [4.69, 9.17) is 9.47 Å². The molecule has 0 unspecified atom stereocenters. The fourth-order valence-electron chi connectivity index (χ4n) is 1.73. The maximum absolute atomic E-state index is 13.8. The normalized spacial score (nSPS) is 11.1. The predicted octanol–water partition coefficient (Wildman–Crippen LogP) is 3.38. The van der Waals surface area contributed by atoms with Crippen molar-refractivity contribution in [3.05, 3.63) is 29.6 Å². The second-order valence-electron chi connectivity index (χ2n) is 5.25. The van der Waals surface area contributed by atoms with E-state index in [1.54, 1.807) is 6.07 Å². The Morgan fingerprint density at radius 2 is 2.00 bits per heavy atom. The highest BCUT2D eigenvalue weighted by Crippen LogP contribution is 2.18. The van der Waals surface area contributed by atoms with Crippen LogP contribution in [0.5, 0.6) is 5.75 Å². The molecule has 20 heavy (non-hydrogen) atoms. The molecule has 0 saturated carbocycles. The summed E-state index contributed by atoms with van der Waals surface area (Å²) >= 11 is 0. The molecule has 0 heterocycles. The molecule has 1 rings (SSSR count). The highest BCUT2D eigenvalue weighted by molar-refractivity contribution is 5.29. The molecule has 0 fully saturated rings. The van der Waals surface area contributed by atoms with Crippen molar-refractivity contribution in [1.29, 1.82) is 0 Å². The molecule has 1 aromatic carbocycles. The van der Waals surface area contributed by atoms with Crippen molar-refractivity contribution in [3.8, 4) is 5.75 Å². The van der Waals surface area contributed by atoms with Crippen LogP contribution in [0.25, 0.3) is 0 Å². The fourth-order valence-corrected chi connectivity index (χ4v) is 1.73. The molecule has 0 spiro atoms. The zero-order valence-electron chi connectivity index (χ0n) is 12.7. The van der Waals surface area contributed by atoms with Crippen molar-refractivity contribution < 1.29 is 13.9 Å². The summed E-state index contributed by atoms with van der Waals surface area (Å²) in [5, 5.41) is 3.29. The average molecular weight is 283 g/mol. The third-order valence-corrected chi connectivity index (χ3v) is 2.71. The summed E-state index contributed by atoms with van der Waals surface area (Å²) in [5.41, 5.74) is 0.928. The Kier molecular flexibility index (Phi) is 8.23. The Balaban J connectivity index is 2.35. The average Bonchev–Trinajstić information content (AvgIpc) is 2.40. The Labute approximate surface area is 121 Å². The molecule has 0 bridgehead atoms. The van der Waals surface area contributed by atoms with Crippen LogP contribution in [0, 0.1) is 11.7 Å². The smallest absolute Gasteiger partial charge is 0.165 e. The molecule has 1 aromatic rings. The third-order valence-electron chi connectivity index (χ3n) is 2.71. The van der Waals surface area contributed by atoms with Gasteiger partial charge in [0.2, 0.25) is 0 Å². The summed E-state index contributed by atoms with van der Waals surface area (Å²) in [6.07, 6.45) is 0.979. The number of ether oxygens (including phenoxy) is 2. The van der Waals surface area contributed by atoms with Crippen LogP contribution >= 0.6 is 0 Å². The number of hydrogen-bond acceptors (Lipinski definition) is 3. The van der Waals surface area contributed by atoms with Crippen molar-refractivity contribution in [1.82, 2.24) is 5.32 Å². The monoisotopic (exact) mass is 283 g/mol. The van der Waals surface area contributed by atoms with Crippen molar-refractivity contribution in [3.63, 3.8) is 0 Å². The maximum atomic E-state index is 13.8. The number of benzene rings is 1. The van der Waals surface area contributed by atoms with Gasteiger partial charge in [-0.05, 0) is 36.6 Å². The first-order valence-electron chi connectivity index (χ1n) is 7.33. The summed E-state index contributed by atoms with van der Waals surface area (Å²) in [6.45, 7) is 9.52. The molecule has 114 valence electrons. The Morgan fingerprint density at radius 3 is 2.65 bits per heavy atom. The van der Waals surface area contributed by atoms with Gasteiger partial charge in [-0.25, -0.2) is 4.39 Å². The fraction of sp³-hybridized carbons (Fsp3) is 0.625. The lowest BCUT2D eigenvalue weighted by Gasteiger charge is -2.10. The minimum absolute atomic E-state index is 0.290. The molecule has 0 aliphatic carbocycles.